The van der Waals surface area contributed by atoms with Crippen LogP contribution >= 0.6 is 11.6 Å². The molecule has 2 nitrogen and oxygen atoms in total. The van der Waals surface area contributed by atoms with E-state index in [2.05, 4.69) is 5.32 Å². The zero-order chi connectivity index (χ0) is 17.5. The van der Waals surface area contributed by atoms with Crippen molar-refractivity contribution in [3.8, 4) is 0 Å². The first-order valence-corrected chi connectivity index (χ1v) is 7.91. The molecule has 3 rings (SSSR count). The molecule has 0 radical (unpaired) electrons. The van der Waals surface area contributed by atoms with Gasteiger partial charge in [-0.2, -0.15) is 0 Å². The van der Waals surface area contributed by atoms with Crippen molar-refractivity contribution in [2.24, 2.45) is 5.92 Å². The second kappa shape index (κ2) is 6.13. The summed E-state index contributed by atoms with van der Waals surface area (Å²) in [6.45, 7) is 2.05. The molecule has 1 amide bonds. The summed E-state index contributed by atoms with van der Waals surface area (Å²) in [6.07, 6.45) is 0.654. The summed E-state index contributed by atoms with van der Waals surface area (Å²) < 4.78 is 41.0. The van der Waals surface area contributed by atoms with E-state index in [1.807, 2.05) is 6.92 Å². The van der Waals surface area contributed by atoms with Gasteiger partial charge in [0, 0.05) is 18.0 Å². The molecule has 6 heteroatoms. The SMILES string of the molecule is CC1CC1(CNC(=O)c1c(F)cccc1Cl)c1ccc(F)cc1F. The van der Waals surface area contributed by atoms with Crippen molar-refractivity contribution in [1.82, 2.24) is 5.32 Å². The molecule has 2 aromatic carbocycles. The molecular weight excluding hydrogens is 339 g/mol. The molecular formula is C18H15ClF3NO. The third-order valence-electron chi connectivity index (χ3n) is 4.68. The zero-order valence-corrected chi connectivity index (χ0v) is 13.6. The van der Waals surface area contributed by atoms with Crippen LogP contribution in [0.5, 0.6) is 0 Å². The minimum absolute atomic E-state index is 0.0124. The first kappa shape index (κ1) is 16.8. The zero-order valence-electron chi connectivity index (χ0n) is 12.9. The van der Waals surface area contributed by atoms with Gasteiger partial charge >= 0.3 is 0 Å². The van der Waals surface area contributed by atoms with Crippen molar-refractivity contribution in [3.63, 3.8) is 0 Å². The van der Waals surface area contributed by atoms with Gasteiger partial charge < -0.3 is 5.32 Å². The second-order valence-corrected chi connectivity index (χ2v) is 6.57. The molecule has 0 aromatic heterocycles. The molecule has 2 aromatic rings. The molecule has 0 bridgehead atoms. The lowest BCUT2D eigenvalue weighted by molar-refractivity contribution is 0.0945. The van der Waals surface area contributed by atoms with Crippen LogP contribution in [-0.2, 0) is 5.41 Å². The lowest BCUT2D eigenvalue weighted by Crippen LogP contribution is -2.34. The highest BCUT2D eigenvalue weighted by molar-refractivity contribution is 6.33. The fourth-order valence-corrected chi connectivity index (χ4v) is 3.39. The fourth-order valence-electron chi connectivity index (χ4n) is 3.14. The van der Waals surface area contributed by atoms with Crippen LogP contribution in [0.4, 0.5) is 13.2 Å². The predicted molar refractivity (Wildman–Crippen MR) is 85.6 cm³/mol. The summed E-state index contributed by atoms with van der Waals surface area (Å²) in [5, 5.41) is 2.64. The molecule has 1 saturated carbocycles. The van der Waals surface area contributed by atoms with Gasteiger partial charge in [0.1, 0.15) is 17.5 Å². The maximum absolute atomic E-state index is 14.1. The molecule has 126 valence electrons. The first-order chi connectivity index (χ1) is 11.3. The Labute approximate surface area is 142 Å². The van der Waals surface area contributed by atoms with Crippen LogP contribution in [0.1, 0.15) is 29.3 Å². The third-order valence-corrected chi connectivity index (χ3v) is 4.99. The Balaban J connectivity index is 1.81. The van der Waals surface area contributed by atoms with Crippen molar-refractivity contribution in [2.45, 2.75) is 18.8 Å². The third kappa shape index (κ3) is 2.88. The van der Waals surface area contributed by atoms with E-state index in [1.165, 1.54) is 24.3 Å². The Hall–Kier alpha value is -2.01. The molecule has 0 spiro atoms. The van der Waals surface area contributed by atoms with Gasteiger partial charge in [0.2, 0.25) is 0 Å². The Morgan fingerprint density at radius 3 is 2.54 bits per heavy atom. The van der Waals surface area contributed by atoms with E-state index in [9.17, 15) is 18.0 Å². The number of hydrogen-bond donors (Lipinski definition) is 1. The molecule has 1 aliphatic rings. The van der Waals surface area contributed by atoms with Gasteiger partial charge in [0.25, 0.3) is 5.91 Å². The molecule has 1 N–H and O–H groups in total. The van der Waals surface area contributed by atoms with E-state index in [0.717, 1.165) is 12.1 Å². The van der Waals surface area contributed by atoms with Crippen LogP contribution in [0, 0.1) is 23.4 Å². The van der Waals surface area contributed by atoms with Crippen molar-refractivity contribution in [2.75, 3.05) is 6.54 Å². The predicted octanol–water partition coefficient (Wildman–Crippen LogP) is 4.46. The van der Waals surface area contributed by atoms with Gasteiger partial charge in [-0.15, -0.1) is 0 Å². The number of rotatable bonds is 4. The number of hydrogen-bond acceptors (Lipinski definition) is 1. The number of nitrogens with one attached hydrogen (secondary N) is 1. The van der Waals surface area contributed by atoms with Crippen LogP contribution in [0.15, 0.2) is 36.4 Å². The van der Waals surface area contributed by atoms with E-state index in [-0.39, 0.29) is 23.0 Å². The molecule has 24 heavy (non-hydrogen) atoms. The lowest BCUT2D eigenvalue weighted by Gasteiger charge is -2.19. The molecule has 1 fully saturated rings. The lowest BCUT2D eigenvalue weighted by atomic mass is 9.92. The maximum atomic E-state index is 14.1. The van der Waals surface area contributed by atoms with Crippen LogP contribution < -0.4 is 5.32 Å². The number of carbonyl (C=O) groups excluding carboxylic acids is 1. The van der Waals surface area contributed by atoms with E-state index < -0.39 is 28.8 Å². The highest BCUT2D eigenvalue weighted by atomic mass is 35.5. The van der Waals surface area contributed by atoms with Crippen molar-refractivity contribution >= 4 is 17.5 Å². The van der Waals surface area contributed by atoms with Crippen LogP contribution in [-0.4, -0.2) is 12.5 Å². The number of benzene rings is 2. The van der Waals surface area contributed by atoms with Gasteiger partial charge in [-0.05, 0) is 36.1 Å². The van der Waals surface area contributed by atoms with Gasteiger partial charge in [-0.3, -0.25) is 4.79 Å². The Bertz CT molecular complexity index is 791. The Morgan fingerprint density at radius 1 is 1.25 bits per heavy atom. The standard InChI is InChI=1S/C18H15ClF3NO/c1-10-8-18(10,12-6-5-11(20)7-15(12)22)9-23-17(24)16-13(19)3-2-4-14(16)21/h2-7,10H,8-9H2,1H3,(H,23,24). The summed E-state index contributed by atoms with van der Waals surface area (Å²) in [6, 6.07) is 7.41. The Morgan fingerprint density at radius 2 is 1.96 bits per heavy atom. The normalized spacial score (nSPS) is 22.3. The monoisotopic (exact) mass is 353 g/mol. The van der Waals surface area contributed by atoms with Gasteiger partial charge in [0.05, 0.1) is 10.6 Å². The van der Waals surface area contributed by atoms with Gasteiger partial charge in [-0.1, -0.05) is 30.7 Å². The molecule has 2 unspecified atom stereocenters. The number of halogens is 4. The topological polar surface area (TPSA) is 29.1 Å². The molecule has 0 aliphatic heterocycles. The number of amides is 1. The minimum Gasteiger partial charge on any atom is -0.351 e. The van der Waals surface area contributed by atoms with E-state index in [0.29, 0.717) is 12.0 Å². The summed E-state index contributed by atoms with van der Waals surface area (Å²) in [7, 11) is 0. The van der Waals surface area contributed by atoms with Crippen LogP contribution in [0.2, 0.25) is 5.02 Å². The maximum Gasteiger partial charge on any atom is 0.255 e. The summed E-state index contributed by atoms with van der Waals surface area (Å²) >= 11 is 5.88. The van der Waals surface area contributed by atoms with Crippen molar-refractivity contribution in [1.29, 1.82) is 0 Å². The summed E-state index contributed by atoms with van der Waals surface area (Å²) in [5.41, 5.74) is -0.482. The second-order valence-electron chi connectivity index (χ2n) is 6.16. The quantitative estimate of drug-likeness (QED) is 0.863. The van der Waals surface area contributed by atoms with Crippen molar-refractivity contribution < 1.29 is 18.0 Å². The molecule has 0 heterocycles. The minimum atomic E-state index is -0.717. The smallest absolute Gasteiger partial charge is 0.255 e. The summed E-state index contributed by atoms with van der Waals surface area (Å²) in [4.78, 5) is 12.2. The highest BCUT2D eigenvalue weighted by Gasteiger charge is 2.53. The largest absolute Gasteiger partial charge is 0.351 e. The highest BCUT2D eigenvalue weighted by Crippen LogP contribution is 2.54. The van der Waals surface area contributed by atoms with E-state index in [4.69, 9.17) is 11.6 Å². The first-order valence-electron chi connectivity index (χ1n) is 7.53. The Kier molecular flexibility index (Phi) is 4.30. The van der Waals surface area contributed by atoms with Crippen LogP contribution in [0.3, 0.4) is 0 Å². The van der Waals surface area contributed by atoms with Gasteiger partial charge in [0.15, 0.2) is 0 Å². The number of carbonyl (C=O) groups is 1. The molecule has 2 atom stereocenters. The van der Waals surface area contributed by atoms with E-state index >= 15 is 0 Å². The van der Waals surface area contributed by atoms with Crippen molar-refractivity contribution in [3.05, 3.63) is 70.0 Å². The average molecular weight is 354 g/mol. The average Bonchev–Trinajstić information content (AvgIpc) is 3.16. The molecule has 0 saturated heterocycles. The molecule has 1 aliphatic carbocycles. The fraction of sp³-hybridized carbons (Fsp3) is 0.278. The van der Waals surface area contributed by atoms with E-state index in [1.54, 1.807) is 0 Å². The van der Waals surface area contributed by atoms with Crippen LogP contribution in [0.25, 0.3) is 0 Å². The summed E-state index contributed by atoms with van der Waals surface area (Å²) in [5.74, 6) is -2.54. The van der Waals surface area contributed by atoms with Gasteiger partial charge in [-0.25, -0.2) is 13.2 Å².